The van der Waals surface area contributed by atoms with Crippen molar-refractivity contribution in [3.05, 3.63) is 35.6 Å². The quantitative estimate of drug-likeness (QED) is 0.386. The van der Waals surface area contributed by atoms with E-state index in [1.165, 1.54) is 36.3 Å². The Morgan fingerprint density at radius 1 is 1.29 bits per heavy atom. The number of rotatable bonds is 5. The number of nitrogens with zero attached hydrogens (tertiary/aromatic N) is 5. The minimum Gasteiger partial charge on any atom is -0.339 e. The molecule has 0 fully saturated rings. The molecular weight excluding hydrogens is 525 g/mol. The van der Waals surface area contributed by atoms with E-state index < -0.39 is 28.1 Å². The molecular formula is C17H14ClF3N6O5S2. The maximum Gasteiger partial charge on any atom is 0.493 e. The van der Waals surface area contributed by atoms with E-state index in [-0.39, 0.29) is 37.3 Å². The van der Waals surface area contributed by atoms with Gasteiger partial charge in [-0.1, -0.05) is 22.9 Å². The van der Waals surface area contributed by atoms with Crippen molar-refractivity contribution in [3.8, 4) is 10.4 Å². The summed E-state index contributed by atoms with van der Waals surface area (Å²) in [6.07, 6.45) is -1.50. The molecule has 17 heteroatoms. The normalized spacial score (nSPS) is 11.9. The zero-order chi connectivity index (χ0) is 25.4. The van der Waals surface area contributed by atoms with Gasteiger partial charge in [-0.05, 0) is 13.0 Å². The first kappa shape index (κ1) is 25.4. The van der Waals surface area contributed by atoms with E-state index in [1.54, 1.807) is 7.05 Å². The molecule has 3 rings (SSSR count). The second-order valence-electron chi connectivity index (χ2n) is 6.65. The second kappa shape index (κ2) is 9.19. The highest BCUT2D eigenvalue weighted by Crippen LogP contribution is 2.37. The van der Waals surface area contributed by atoms with Gasteiger partial charge in [-0.2, -0.15) is 21.6 Å². The van der Waals surface area contributed by atoms with Gasteiger partial charge in [0, 0.05) is 31.9 Å². The van der Waals surface area contributed by atoms with Crippen molar-refractivity contribution in [2.45, 2.75) is 25.0 Å². The number of carbonyl (C=O) groups excluding carboxylic acids is 2. The average Bonchev–Trinajstić information content (AvgIpc) is 3.32. The largest absolute Gasteiger partial charge is 0.493 e. The number of nitrogens with one attached hydrogen (secondary N) is 1. The molecule has 0 bridgehead atoms. The van der Waals surface area contributed by atoms with E-state index in [4.69, 9.17) is 11.6 Å². The third-order valence-electron chi connectivity index (χ3n) is 3.95. The van der Waals surface area contributed by atoms with E-state index >= 15 is 0 Å². The van der Waals surface area contributed by atoms with Gasteiger partial charge in [0.25, 0.3) is 15.9 Å². The van der Waals surface area contributed by atoms with Crippen LogP contribution >= 0.6 is 22.9 Å². The van der Waals surface area contributed by atoms with E-state index in [9.17, 15) is 31.2 Å². The number of aryl methyl sites for hydroxylation is 2. The van der Waals surface area contributed by atoms with Crippen LogP contribution in [0.5, 0.6) is 0 Å². The number of aromatic nitrogens is 4. The van der Waals surface area contributed by atoms with Crippen molar-refractivity contribution in [2.24, 2.45) is 7.05 Å². The van der Waals surface area contributed by atoms with Gasteiger partial charge in [0.1, 0.15) is 0 Å². The van der Waals surface area contributed by atoms with Crippen LogP contribution in [0, 0.1) is 6.92 Å². The van der Waals surface area contributed by atoms with Crippen molar-refractivity contribution in [2.75, 3.05) is 9.79 Å². The summed E-state index contributed by atoms with van der Waals surface area (Å²) in [4.78, 5) is 39.1. The van der Waals surface area contributed by atoms with E-state index in [2.05, 4.69) is 24.5 Å². The van der Waals surface area contributed by atoms with Crippen LogP contribution in [0.4, 0.5) is 24.0 Å². The standard InChI is InChI=1S/C17H14ClF3N6O5S2/c1-8-13(33-16(24-8)27(9(2)28)32-15(29)17(19,20)21)10-4-11(14(18)22-5-10)25-34(30,31)12-6-26(3)7-23-12/h4-7,25H,1-3H3. The smallest absolute Gasteiger partial charge is 0.339 e. The number of thiazole rings is 1. The summed E-state index contributed by atoms with van der Waals surface area (Å²) in [6, 6.07) is 1.32. The number of sulfonamides is 1. The molecule has 0 aromatic carbocycles. The molecule has 0 radical (unpaired) electrons. The Morgan fingerprint density at radius 3 is 2.53 bits per heavy atom. The molecule has 0 aliphatic carbocycles. The van der Waals surface area contributed by atoms with Crippen molar-refractivity contribution < 1.29 is 36.0 Å². The fourth-order valence-corrected chi connectivity index (χ4v) is 4.76. The summed E-state index contributed by atoms with van der Waals surface area (Å²) in [5.41, 5.74) is 0.401. The van der Waals surface area contributed by atoms with Crippen molar-refractivity contribution in [3.63, 3.8) is 0 Å². The summed E-state index contributed by atoms with van der Waals surface area (Å²) < 4.78 is 66.5. The van der Waals surface area contributed by atoms with Gasteiger partial charge in [0.05, 0.1) is 22.6 Å². The number of carbonyl (C=O) groups is 2. The Labute approximate surface area is 199 Å². The summed E-state index contributed by atoms with van der Waals surface area (Å²) in [7, 11) is -2.52. The molecule has 182 valence electrons. The van der Waals surface area contributed by atoms with Crippen molar-refractivity contribution >= 4 is 55.7 Å². The average molecular weight is 539 g/mol. The monoisotopic (exact) mass is 538 g/mol. The number of imidazole rings is 1. The van der Waals surface area contributed by atoms with E-state index in [0.29, 0.717) is 16.2 Å². The Hall–Kier alpha value is -3.24. The molecule has 11 nitrogen and oxygen atoms in total. The first-order chi connectivity index (χ1) is 15.7. The highest BCUT2D eigenvalue weighted by Gasteiger charge is 2.44. The maximum atomic E-state index is 12.6. The summed E-state index contributed by atoms with van der Waals surface area (Å²) >= 11 is 6.73. The van der Waals surface area contributed by atoms with Gasteiger partial charge in [-0.15, -0.1) is 5.06 Å². The molecule has 0 aliphatic heterocycles. The van der Waals surface area contributed by atoms with Crippen LogP contribution in [0.1, 0.15) is 12.6 Å². The van der Waals surface area contributed by atoms with Crippen molar-refractivity contribution in [1.29, 1.82) is 0 Å². The predicted octanol–water partition coefficient (Wildman–Crippen LogP) is 3.07. The number of hydrogen-bond acceptors (Lipinski definition) is 9. The van der Waals surface area contributed by atoms with Crippen LogP contribution in [0.2, 0.25) is 5.15 Å². The van der Waals surface area contributed by atoms with Crippen LogP contribution < -0.4 is 9.79 Å². The zero-order valence-corrected chi connectivity index (χ0v) is 19.8. The molecule has 1 N–H and O–H groups in total. The van der Waals surface area contributed by atoms with Gasteiger partial charge >= 0.3 is 12.1 Å². The molecule has 0 saturated heterocycles. The lowest BCUT2D eigenvalue weighted by atomic mass is 10.2. The first-order valence-electron chi connectivity index (χ1n) is 8.93. The molecule has 0 aliphatic rings. The minimum absolute atomic E-state index is 0.105. The number of anilines is 2. The maximum absolute atomic E-state index is 12.6. The summed E-state index contributed by atoms with van der Waals surface area (Å²) in [6.45, 7) is 2.36. The van der Waals surface area contributed by atoms with Crippen LogP contribution in [0.3, 0.4) is 0 Å². The molecule has 0 atom stereocenters. The number of pyridine rings is 1. The molecule has 1 amide bonds. The van der Waals surface area contributed by atoms with E-state index in [1.807, 2.05) is 0 Å². The molecule has 0 unspecified atom stereocenters. The Kier molecular flexibility index (Phi) is 6.86. The lowest BCUT2D eigenvalue weighted by molar-refractivity contribution is -0.201. The van der Waals surface area contributed by atoms with E-state index in [0.717, 1.165) is 6.92 Å². The summed E-state index contributed by atoms with van der Waals surface area (Å²) in [5.74, 6) is -3.63. The van der Waals surface area contributed by atoms with Gasteiger partial charge in [0.15, 0.2) is 10.2 Å². The first-order valence-corrected chi connectivity index (χ1v) is 11.6. The Balaban J connectivity index is 1.95. The van der Waals surface area contributed by atoms with Gasteiger partial charge < -0.3 is 9.40 Å². The number of halogens is 4. The highest BCUT2D eigenvalue weighted by molar-refractivity contribution is 7.92. The number of hydroxylamine groups is 1. The predicted molar refractivity (Wildman–Crippen MR) is 114 cm³/mol. The lowest BCUT2D eigenvalue weighted by Gasteiger charge is -2.16. The Morgan fingerprint density at radius 2 is 1.97 bits per heavy atom. The molecule has 34 heavy (non-hydrogen) atoms. The third-order valence-corrected chi connectivity index (χ3v) is 6.68. The third kappa shape index (κ3) is 5.45. The topological polar surface area (TPSA) is 136 Å². The number of hydrogen-bond donors (Lipinski definition) is 1. The molecule has 0 saturated carbocycles. The lowest BCUT2D eigenvalue weighted by Crippen LogP contribution is -2.37. The molecule has 0 spiro atoms. The highest BCUT2D eigenvalue weighted by atomic mass is 35.5. The fourth-order valence-electron chi connectivity index (χ4n) is 2.48. The van der Waals surface area contributed by atoms with Crippen LogP contribution in [0.15, 0.2) is 29.8 Å². The molecule has 3 heterocycles. The van der Waals surface area contributed by atoms with Gasteiger partial charge in [-0.3, -0.25) is 9.52 Å². The van der Waals surface area contributed by atoms with Gasteiger partial charge in [0.2, 0.25) is 5.13 Å². The number of amides is 1. The summed E-state index contributed by atoms with van der Waals surface area (Å²) in [5, 5.41) is -0.694. The van der Waals surface area contributed by atoms with Gasteiger partial charge in [-0.25, -0.2) is 19.7 Å². The SMILES string of the molecule is CC(=O)N(OC(=O)C(F)(F)F)c1nc(C)c(-c2cnc(Cl)c(NS(=O)(=O)c3cn(C)cn3)c2)s1. The Bertz CT molecular complexity index is 1370. The van der Waals surface area contributed by atoms with Crippen LogP contribution in [-0.2, 0) is 31.5 Å². The second-order valence-corrected chi connectivity index (χ2v) is 9.61. The minimum atomic E-state index is -5.33. The fraction of sp³-hybridized carbons (Fsp3) is 0.235. The van der Waals surface area contributed by atoms with Crippen LogP contribution in [-0.4, -0.2) is 46.0 Å². The molecule has 3 aromatic rings. The molecule has 3 aromatic heterocycles. The van der Waals surface area contributed by atoms with Crippen molar-refractivity contribution in [1.82, 2.24) is 19.5 Å². The number of alkyl halides is 3. The zero-order valence-electron chi connectivity index (χ0n) is 17.4. The van der Waals surface area contributed by atoms with Crippen LogP contribution in [0.25, 0.3) is 10.4 Å².